The summed E-state index contributed by atoms with van der Waals surface area (Å²) in [5.74, 6) is 1.17. The SMILES string of the molecule is Cc1ccc2nc(COc3ccc(C(=O)NC(c4ccc(Cl)cc4)c4nccn4C)cc3)cn2c1. The van der Waals surface area contributed by atoms with Crippen LogP contribution in [-0.2, 0) is 13.7 Å². The fourth-order valence-electron chi connectivity index (χ4n) is 3.91. The molecule has 0 aliphatic heterocycles. The Morgan fingerprint density at radius 2 is 1.83 bits per heavy atom. The summed E-state index contributed by atoms with van der Waals surface area (Å²) in [7, 11) is 1.90. The van der Waals surface area contributed by atoms with Crippen molar-refractivity contribution in [2.45, 2.75) is 19.6 Å². The van der Waals surface area contributed by atoms with E-state index < -0.39 is 6.04 Å². The molecule has 0 saturated carbocycles. The van der Waals surface area contributed by atoms with E-state index >= 15 is 0 Å². The van der Waals surface area contributed by atoms with E-state index in [-0.39, 0.29) is 5.91 Å². The van der Waals surface area contributed by atoms with Crippen molar-refractivity contribution in [1.29, 1.82) is 0 Å². The van der Waals surface area contributed by atoms with E-state index in [1.165, 1.54) is 0 Å². The summed E-state index contributed by atoms with van der Waals surface area (Å²) in [6.45, 7) is 2.38. The lowest BCUT2D eigenvalue weighted by atomic mass is 10.1. The van der Waals surface area contributed by atoms with Gasteiger partial charge in [0.1, 0.15) is 29.9 Å². The van der Waals surface area contributed by atoms with Gasteiger partial charge < -0.3 is 19.0 Å². The predicted octanol–water partition coefficient (Wildman–Crippen LogP) is 5.13. The Labute approximate surface area is 208 Å². The summed E-state index contributed by atoms with van der Waals surface area (Å²) in [5, 5.41) is 3.72. The van der Waals surface area contributed by atoms with Crippen LogP contribution in [0.5, 0.6) is 5.75 Å². The van der Waals surface area contributed by atoms with Gasteiger partial charge in [-0.3, -0.25) is 4.79 Å². The summed E-state index contributed by atoms with van der Waals surface area (Å²) in [4.78, 5) is 22.1. The van der Waals surface area contributed by atoms with Gasteiger partial charge in [-0.2, -0.15) is 0 Å². The summed E-state index contributed by atoms with van der Waals surface area (Å²) in [5.41, 5.74) is 4.29. The maximum atomic E-state index is 13.1. The summed E-state index contributed by atoms with van der Waals surface area (Å²) in [6, 6.07) is 18.0. The second-order valence-electron chi connectivity index (χ2n) is 8.37. The van der Waals surface area contributed by atoms with Gasteiger partial charge >= 0.3 is 0 Å². The van der Waals surface area contributed by atoms with Gasteiger partial charge in [0, 0.05) is 42.4 Å². The average molecular weight is 486 g/mol. The van der Waals surface area contributed by atoms with Gasteiger partial charge in [-0.25, -0.2) is 9.97 Å². The van der Waals surface area contributed by atoms with E-state index in [0.717, 1.165) is 28.3 Å². The third-order valence-corrected chi connectivity index (χ3v) is 6.00. The summed E-state index contributed by atoms with van der Waals surface area (Å²) in [6.07, 6.45) is 7.54. The molecule has 0 aliphatic carbocycles. The van der Waals surface area contributed by atoms with Gasteiger partial charge in [0.15, 0.2) is 0 Å². The lowest BCUT2D eigenvalue weighted by Crippen LogP contribution is -2.31. The Balaban J connectivity index is 1.28. The molecule has 1 N–H and O–H groups in total. The van der Waals surface area contributed by atoms with E-state index in [2.05, 4.69) is 15.3 Å². The van der Waals surface area contributed by atoms with Crippen LogP contribution in [0.4, 0.5) is 0 Å². The summed E-state index contributed by atoms with van der Waals surface area (Å²) < 4.78 is 9.76. The Morgan fingerprint density at radius 1 is 1.06 bits per heavy atom. The number of aryl methyl sites for hydroxylation is 2. The average Bonchev–Trinajstić information content (AvgIpc) is 3.47. The van der Waals surface area contributed by atoms with E-state index in [9.17, 15) is 4.79 Å². The zero-order valence-corrected chi connectivity index (χ0v) is 20.1. The van der Waals surface area contributed by atoms with Crippen molar-refractivity contribution in [3.05, 3.63) is 119 Å². The van der Waals surface area contributed by atoms with Crippen molar-refractivity contribution >= 4 is 23.2 Å². The molecule has 0 aliphatic rings. The van der Waals surface area contributed by atoms with Crippen molar-refractivity contribution < 1.29 is 9.53 Å². The van der Waals surface area contributed by atoms with Crippen LogP contribution >= 0.6 is 11.6 Å². The van der Waals surface area contributed by atoms with Gasteiger partial charge in [0.2, 0.25) is 0 Å². The van der Waals surface area contributed by atoms with Gasteiger partial charge in [-0.1, -0.05) is 29.8 Å². The van der Waals surface area contributed by atoms with Gasteiger partial charge in [-0.05, 0) is 60.5 Å². The minimum absolute atomic E-state index is 0.213. The van der Waals surface area contributed by atoms with Crippen LogP contribution in [0.2, 0.25) is 5.02 Å². The monoisotopic (exact) mass is 485 g/mol. The number of nitrogens with zero attached hydrogens (tertiary/aromatic N) is 4. The molecule has 0 fully saturated rings. The first-order valence-electron chi connectivity index (χ1n) is 11.2. The minimum Gasteiger partial charge on any atom is -0.487 e. The molecule has 35 heavy (non-hydrogen) atoms. The highest BCUT2D eigenvalue weighted by Crippen LogP contribution is 2.23. The second-order valence-corrected chi connectivity index (χ2v) is 8.81. The molecular formula is C27H24ClN5O2. The molecule has 5 aromatic rings. The number of carbonyl (C=O) groups is 1. The van der Waals surface area contributed by atoms with E-state index in [0.29, 0.717) is 22.9 Å². The van der Waals surface area contributed by atoms with Gasteiger partial charge in [0.25, 0.3) is 5.91 Å². The number of fused-ring (bicyclic) bond motifs is 1. The van der Waals surface area contributed by atoms with Crippen LogP contribution in [0, 0.1) is 6.92 Å². The first kappa shape index (κ1) is 22.7. The maximum Gasteiger partial charge on any atom is 0.252 e. The number of hydrogen-bond acceptors (Lipinski definition) is 4. The molecule has 0 saturated heterocycles. The molecule has 0 bridgehead atoms. The van der Waals surface area contributed by atoms with Crippen molar-refractivity contribution in [2.24, 2.45) is 7.05 Å². The normalized spacial score (nSPS) is 12.0. The third-order valence-electron chi connectivity index (χ3n) is 5.75. The number of carbonyl (C=O) groups excluding carboxylic acids is 1. The standard InChI is InChI=1S/C27H24ClN5O2/c1-18-3-12-24-30-22(16-33(24)15-18)17-35-23-10-6-20(7-11-23)27(34)31-25(26-29-13-14-32(26)2)19-4-8-21(28)9-5-19/h3-16,25H,17H2,1-2H3,(H,31,34). The van der Waals surface area contributed by atoms with Crippen LogP contribution in [0.15, 0.2) is 85.5 Å². The summed E-state index contributed by atoms with van der Waals surface area (Å²) >= 11 is 6.06. The zero-order valence-electron chi connectivity index (χ0n) is 19.4. The van der Waals surface area contributed by atoms with E-state index in [1.54, 1.807) is 42.6 Å². The van der Waals surface area contributed by atoms with Crippen molar-refractivity contribution in [2.75, 3.05) is 0 Å². The van der Waals surface area contributed by atoms with Crippen LogP contribution in [-0.4, -0.2) is 24.8 Å². The quantitative estimate of drug-likeness (QED) is 0.347. The highest BCUT2D eigenvalue weighted by atomic mass is 35.5. The number of amides is 1. The number of rotatable bonds is 7. The van der Waals surface area contributed by atoms with E-state index in [1.807, 2.05) is 65.8 Å². The smallest absolute Gasteiger partial charge is 0.252 e. The molecule has 1 unspecified atom stereocenters. The number of aromatic nitrogens is 4. The molecule has 2 aromatic carbocycles. The molecule has 8 heteroatoms. The number of halogens is 1. The van der Waals surface area contributed by atoms with Gasteiger partial charge in [-0.15, -0.1) is 0 Å². The number of imidazole rings is 2. The zero-order chi connectivity index (χ0) is 24.4. The number of nitrogens with one attached hydrogen (secondary N) is 1. The minimum atomic E-state index is -0.422. The Hall–Kier alpha value is -4.10. The lowest BCUT2D eigenvalue weighted by Gasteiger charge is -2.19. The number of hydrogen-bond donors (Lipinski definition) is 1. The van der Waals surface area contributed by atoms with Crippen molar-refractivity contribution in [3.8, 4) is 5.75 Å². The molecule has 1 amide bonds. The Morgan fingerprint density at radius 3 is 2.54 bits per heavy atom. The molecule has 176 valence electrons. The van der Waals surface area contributed by atoms with Crippen LogP contribution in [0.25, 0.3) is 5.65 Å². The van der Waals surface area contributed by atoms with Gasteiger partial charge in [0.05, 0.1) is 5.69 Å². The molecule has 0 radical (unpaired) electrons. The molecule has 1 atom stereocenters. The molecule has 0 spiro atoms. The Kier molecular flexibility index (Phi) is 6.25. The first-order chi connectivity index (χ1) is 17.0. The number of pyridine rings is 1. The number of benzene rings is 2. The molecule has 5 rings (SSSR count). The molecule has 7 nitrogen and oxygen atoms in total. The van der Waals surface area contributed by atoms with Crippen LogP contribution in [0.1, 0.15) is 39.0 Å². The third kappa shape index (κ3) is 5.05. The van der Waals surface area contributed by atoms with Crippen LogP contribution in [0.3, 0.4) is 0 Å². The highest BCUT2D eigenvalue weighted by Gasteiger charge is 2.21. The Bertz CT molecular complexity index is 1470. The van der Waals surface area contributed by atoms with Crippen molar-refractivity contribution in [1.82, 2.24) is 24.3 Å². The second kappa shape index (κ2) is 9.64. The number of ether oxygens (including phenoxy) is 1. The first-order valence-corrected chi connectivity index (χ1v) is 11.5. The lowest BCUT2D eigenvalue weighted by molar-refractivity contribution is 0.0941. The topological polar surface area (TPSA) is 73.4 Å². The molecular weight excluding hydrogens is 462 g/mol. The fraction of sp³-hybridized carbons (Fsp3) is 0.148. The van der Waals surface area contributed by atoms with E-state index in [4.69, 9.17) is 16.3 Å². The highest BCUT2D eigenvalue weighted by molar-refractivity contribution is 6.30. The predicted molar refractivity (Wildman–Crippen MR) is 135 cm³/mol. The van der Waals surface area contributed by atoms with Crippen molar-refractivity contribution in [3.63, 3.8) is 0 Å². The maximum absolute atomic E-state index is 13.1. The molecule has 3 aromatic heterocycles. The fourth-order valence-corrected chi connectivity index (χ4v) is 4.03. The molecule has 3 heterocycles. The largest absolute Gasteiger partial charge is 0.487 e. The van der Waals surface area contributed by atoms with Crippen LogP contribution < -0.4 is 10.1 Å².